The highest BCUT2D eigenvalue weighted by molar-refractivity contribution is 14.0. The molecule has 1 aromatic carbocycles. The van der Waals surface area contributed by atoms with E-state index in [1.807, 2.05) is 39.8 Å². The van der Waals surface area contributed by atoms with Gasteiger partial charge in [-0.2, -0.15) is 0 Å². The third kappa shape index (κ3) is 10.1. The molecule has 0 heterocycles. The number of halogens is 2. The molecule has 26 heavy (non-hydrogen) atoms. The van der Waals surface area contributed by atoms with Gasteiger partial charge in [-0.15, -0.1) is 24.0 Å². The van der Waals surface area contributed by atoms with Gasteiger partial charge >= 0.3 is 0 Å². The van der Waals surface area contributed by atoms with Crippen LogP contribution in [0.5, 0.6) is 5.75 Å². The van der Waals surface area contributed by atoms with Crippen molar-refractivity contribution in [3.05, 3.63) is 29.3 Å². The molecule has 0 saturated heterocycles. The minimum atomic E-state index is -0.381. The van der Waals surface area contributed by atoms with E-state index in [-0.39, 0.29) is 41.4 Å². The molecule has 0 spiro atoms. The molecule has 0 saturated carbocycles. The van der Waals surface area contributed by atoms with Crippen LogP contribution in [0.2, 0.25) is 5.02 Å². The molecule has 1 unspecified atom stereocenters. The van der Waals surface area contributed by atoms with Crippen LogP contribution >= 0.6 is 35.6 Å². The second-order valence-corrected chi connectivity index (χ2v) is 7.20. The van der Waals surface area contributed by atoms with Gasteiger partial charge in [0.15, 0.2) is 5.96 Å². The maximum Gasteiger partial charge on any atom is 0.225 e. The van der Waals surface area contributed by atoms with Crippen LogP contribution < -0.4 is 20.7 Å². The Balaban J connectivity index is 0.00000625. The van der Waals surface area contributed by atoms with E-state index in [1.165, 1.54) is 0 Å². The lowest BCUT2D eigenvalue weighted by Gasteiger charge is -2.19. The van der Waals surface area contributed by atoms with Crippen molar-refractivity contribution in [2.75, 3.05) is 26.7 Å². The number of aliphatic imine (C=N–C) groups is 1. The number of benzene rings is 1. The predicted molar refractivity (Wildman–Crippen MR) is 119 cm³/mol. The number of carbonyl (C=O) groups is 1. The molecular weight excluding hydrogens is 467 g/mol. The Hall–Kier alpha value is -1.22. The van der Waals surface area contributed by atoms with Crippen molar-refractivity contribution in [1.82, 2.24) is 16.0 Å². The monoisotopic (exact) mass is 496 g/mol. The number of rotatable bonds is 7. The van der Waals surface area contributed by atoms with Crippen LogP contribution in [-0.2, 0) is 4.79 Å². The first-order chi connectivity index (χ1) is 11.7. The van der Waals surface area contributed by atoms with E-state index >= 15 is 0 Å². The fourth-order valence-electron chi connectivity index (χ4n) is 1.87. The lowest BCUT2D eigenvalue weighted by Crippen LogP contribution is -2.45. The average Bonchev–Trinajstić information content (AvgIpc) is 2.55. The number of guanidine groups is 1. The SMILES string of the molecule is CN=C(NCCNC(=O)C(C)(C)C)NCC(C)Oc1ccc(Cl)cc1.I. The van der Waals surface area contributed by atoms with Crippen molar-refractivity contribution in [3.8, 4) is 5.75 Å². The van der Waals surface area contributed by atoms with Gasteiger partial charge in [-0.05, 0) is 31.2 Å². The van der Waals surface area contributed by atoms with Crippen molar-refractivity contribution < 1.29 is 9.53 Å². The van der Waals surface area contributed by atoms with E-state index in [9.17, 15) is 4.79 Å². The van der Waals surface area contributed by atoms with E-state index in [1.54, 1.807) is 19.2 Å². The quantitative estimate of drug-likeness (QED) is 0.235. The summed E-state index contributed by atoms with van der Waals surface area (Å²) in [7, 11) is 1.70. The Kier molecular flexibility index (Phi) is 11.6. The zero-order valence-corrected chi connectivity index (χ0v) is 19.1. The smallest absolute Gasteiger partial charge is 0.225 e. The highest BCUT2D eigenvalue weighted by Crippen LogP contribution is 2.16. The third-order valence-electron chi connectivity index (χ3n) is 3.32. The number of ether oxygens (including phenoxy) is 1. The lowest BCUT2D eigenvalue weighted by molar-refractivity contribution is -0.128. The highest BCUT2D eigenvalue weighted by atomic mass is 127. The molecule has 0 aliphatic rings. The van der Waals surface area contributed by atoms with Gasteiger partial charge in [-0.25, -0.2) is 0 Å². The Morgan fingerprint density at radius 1 is 1.15 bits per heavy atom. The van der Waals surface area contributed by atoms with Crippen molar-refractivity contribution in [2.45, 2.75) is 33.8 Å². The van der Waals surface area contributed by atoms with Crippen LogP contribution in [0, 0.1) is 5.41 Å². The Morgan fingerprint density at radius 3 is 2.27 bits per heavy atom. The maximum absolute atomic E-state index is 11.8. The van der Waals surface area contributed by atoms with Gasteiger partial charge in [0.25, 0.3) is 0 Å². The van der Waals surface area contributed by atoms with Crippen LogP contribution in [-0.4, -0.2) is 44.7 Å². The fourth-order valence-corrected chi connectivity index (χ4v) is 2.00. The minimum absolute atomic E-state index is 0. The van der Waals surface area contributed by atoms with Crippen molar-refractivity contribution >= 4 is 47.4 Å². The molecule has 0 radical (unpaired) electrons. The second kappa shape index (κ2) is 12.2. The molecule has 0 aliphatic carbocycles. The first kappa shape index (κ1) is 24.8. The van der Waals surface area contributed by atoms with Gasteiger partial charge in [0.05, 0.1) is 6.54 Å². The van der Waals surface area contributed by atoms with Gasteiger partial charge in [-0.3, -0.25) is 9.79 Å². The van der Waals surface area contributed by atoms with Gasteiger partial charge < -0.3 is 20.7 Å². The van der Waals surface area contributed by atoms with Gasteiger partial charge in [0, 0.05) is 30.6 Å². The molecule has 3 N–H and O–H groups in total. The number of hydrogen-bond acceptors (Lipinski definition) is 3. The van der Waals surface area contributed by atoms with E-state index in [4.69, 9.17) is 16.3 Å². The molecule has 6 nitrogen and oxygen atoms in total. The number of nitrogens with zero attached hydrogens (tertiary/aromatic N) is 1. The number of carbonyl (C=O) groups excluding carboxylic acids is 1. The minimum Gasteiger partial charge on any atom is -0.489 e. The summed E-state index contributed by atoms with van der Waals surface area (Å²) >= 11 is 5.86. The summed E-state index contributed by atoms with van der Waals surface area (Å²) in [6.45, 7) is 9.35. The molecule has 0 aromatic heterocycles. The van der Waals surface area contributed by atoms with E-state index in [0.29, 0.717) is 30.6 Å². The van der Waals surface area contributed by atoms with Crippen LogP contribution in [0.15, 0.2) is 29.3 Å². The van der Waals surface area contributed by atoms with E-state index < -0.39 is 0 Å². The predicted octanol–water partition coefficient (Wildman–Crippen LogP) is 3.05. The summed E-state index contributed by atoms with van der Waals surface area (Å²) in [6, 6.07) is 7.26. The Labute approximate surface area is 178 Å². The number of hydrogen-bond donors (Lipinski definition) is 3. The van der Waals surface area contributed by atoms with Crippen LogP contribution in [0.1, 0.15) is 27.7 Å². The van der Waals surface area contributed by atoms with Crippen molar-refractivity contribution in [1.29, 1.82) is 0 Å². The Morgan fingerprint density at radius 2 is 1.73 bits per heavy atom. The summed E-state index contributed by atoms with van der Waals surface area (Å²) in [5.41, 5.74) is -0.381. The summed E-state index contributed by atoms with van der Waals surface area (Å²) < 4.78 is 5.80. The molecule has 0 fully saturated rings. The first-order valence-corrected chi connectivity index (χ1v) is 8.75. The molecular formula is C18H30ClIN4O2. The summed E-state index contributed by atoms with van der Waals surface area (Å²) in [5, 5.41) is 9.91. The van der Waals surface area contributed by atoms with Crippen LogP contribution in [0.3, 0.4) is 0 Å². The molecule has 1 aromatic rings. The normalized spacial score (nSPS) is 12.6. The maximum atomic E-state index is 11.8. The molecule has 0 aliphatic heterocycles. The largest absolute Gasteiger partial charge is 0.489 e. The zero-order valence-electron chi connectivity index (χ0n) is 16.1. The summed E-state index contributed by atoms with van der Waals surface area (Å²) in [5.74, 6) is 1.46. The van der Waals surface area contributed by atoms with Gasteiger partial charge in [0.1, 0.15) is 11.9 Å². The number of amides is 1. The first-order valence-electron chi connectivity index (χ1n) is 8.37. The number of nitrogens with one attached hydrogen (secondary N) is 3. The molecule has 1 rings (SSSR count). The van der Waals surface area contributed by atoms with E-state index in [2.05, 4.69) is 20.9 Å². The van der Waals surface area contributed by atoms with Crippen molar-refractivity contribution in [2.24, 2.45) is 10.4 Å². The molecule has 1 amide bonds. The topological polar surface area (TPSA) is 74.8 Å². The summed E-state index contributed by atoms with van der Waals surface area (Å²) in [4.78, 5) is 15.9. The molecule has 148 valence electrons. The molecule has 1 atom stereocenters. The van der Waals surface area contributed by atoms with Gasteiger partial charge in [-0.1, -0.05) is 32.4 Å². The molecule has 8 heteroatoms. The average molecular weight is 497 g/mol. The van der Waals surface area contributed by atoms with Crippen LogP contribution in [0.4, 0.5) is 0 Å². The summed E-state index contributed by atoms with van der Waals surface area (Å²) in [6.07, 6.45) is -0.0414. The lowest BCUT2D eigenvalue weighted by atomic mass is 9.96. The second-order valence-electron chi connectivity index (χ2n) is 6.77. The molecule has 0 bridgehead atoms. The van der Waals surface area contributed by atoms with Gasteiger partial charge in [0.2, 0.25) is 5.91 Å². The Bertz CT molecular complexity index is 574. The standard InChI is InChI=1S/C18H29ClN4O2.HI/c1-13(25-15-8-6-14(19)7-9-15)12-23-17(20-5)22-11-10-21-16(24)18(2,3)4;/h6-9,13H,10-12H2,1-5H3,(H,21,24)(H2,20,22,23);1H. The van der Waals surface area contributed by atoms with E-state index in [0.717, 1.165) is 5.75 Å². The highest BCUT2D eigenvalue weighted by Gasteiger charge is 2.20. The fraction of sp³-hybridized carbons (Fsp3) is 0.556. The third-order valence-corrected chi connectivity index (χ3v) is 3.57. The van der Waals surface area contributed by atoms with Crippen LogP contribution in [0.25, 0.3) is 0 Å². The van der Waals surface area contributed by atoms with Crippen molar-refractivity contribution in [3.63, 3.8) is 0 Å². The zero-order chi connectivity index (χ0) is 18.9.